The number of aromatic amines is 1. The van der Waals surface area contributed by atoms with Gasteiger partial charge in [-0.05, 0) is 39.3 Å². The molecule has 3 N–H and O–H groups in total. The standard InChI is InChI=1S/C17H22N4O3/c1-5-7-11-8-12(14-15(17(18)22)20-21-19-14)9-13(23-6-2)16(11)24-10(3)4/h5,8-10H,1,6-7H2,2-4H3,(H2,18,22)(H,19,20,21). The third-order valence-corrected chi connectivity index (χ3v) is 3.20. The van der Waals surface area contributed by atoms with E-state index in [1.165, 1.54) is 0 Å². The number of nitrogens with one attached hydrogen (secondary N) is 1. The van der Waals surface area contributed by atoms with E-state index in [4.69, 9.17) is 15.2 Å². The predicted molar refractivity (Wildman–Crippen MR) is 91.2 cm³/mol. The molecule has 0 saturated heterocycles. The molecule has 0 bridgehead atoms. The van der Waals surface area contributed by atoms with Crippen LogP contribution in [0.25, 0.3) is 11.3 Å². The summed E-state index contributed by atoms with van der Waals surface area (Å²) < 4.78 is 11.7. The Morgan fingerprint density at radius 3 is 2.75 bits per heavy atom. The van der Waals surface area contributed by atoms with Gasteiger partial charge in [-0.25, -0.2) is 0 Å². The molecule has 0 radical (unpaired) electrons. The van der Waals surface area contributed by atoms with Crippen LogP contribution in [0.5, 0.6) is 11.5 Å². The number of allylic oxidation sites excluding steroid dienone is 1. The highest BCUT2D eigenvalue weighted by atomic mass is 16.5. The molecule has 0 fully saturated rings. The average molecular weight is 330 g/mol. The summed E-state index contributed by atoms with van der Waals surface area (Å²) in [7, 11) is 0. The Hall–Kier alpha value is -2.83. The number of amides is 1. The van der Waals surface area contributed by atoms with Crippen LogP contribution in [0.15, 0.2) is 24.8 Å². The molecule has 2 aromatic rings. The number of carbonyl (C=O) groups is 1. The Kier molecular flexibility index (Phi) is 5.57. The number of ether oxygens (including phenoxy) is 2. The maximum Gasteiger partial charge on any atom is 0.271 e. The molecule has 0 unspecified atom stereocenters. The topological polar surface area (TPSA) is 103 Å². The highest BCUT2D eigenvalue weighted by molar-refractivity contribution is 5.96. The van der Waals surface area contributed by atoms with Gasteiger partial charge in [-0.3, -0.25) is 4.79 Å². The molecule has 1 amide bonds. The molecule has 0 aliphatic heterocycles. The lowest BCUT2D eigenvalue weighted by Crippen LogP contribution is -2.13. The Bertz CT molecular complexity index is 737. The van der Waals surface area contributed by atoms with Crippen molar-refractivity contribution in [2.75, 3.05) is 6.61 Å². The van der Waals surface area contributed by atoms with Gasteiger partial charge in [-0.15, -0.1) is 6.58 Å². The summed E-state index contributed by atoms with van der Waals surface area (Å²) in [4.78, 5) is 11.5. The molecule has 0 spiro atoms. The van der Waals surface area contributed by atoms with Crippen molar-refractivity contribution < 1.29 is 14.3 Å². The predicted octanol–water partition coefficient (Wildman–Crippen LogP) is 2.49. The number of primary amides is 1. The van der Waals surface area contributed by atoms with Crippen molar-refractivity contribution in [2.45, 2.75) is 33.3 Å². The van der Waals surface area contributed by atoms with Crippen molar-refractivity contribution in [1.29, 1.82) is 0 Å². The number of hydrogen-bond acceptors (Lipinski definition) is 5. The van der Waals surface area contributed by atoms with Gasteiger partial charge in [-0.1, -0.05) is 6.08 Å². The molecule has 1 aromatic carbocycles. The number of hydrogen-bond donors (Lipinski definition) is 2. The van der Waals surface area contributed by atoms with E-state index in [0.29, 0.717) is 35.8 Å². The lowest BCUT2D eigenvalue weighted by molar-refractivity contribution is 0.0996. The average Bonchev–Trinajstić information content (AvgIpc) is 3.00. The zero-order chi connectivity index (χ0) is 17.7. The van der Waals surface area contributed by atoms with Crippen LogP contribution in [0.4, 0.5) is 0 Å². The number of aromatic nitrogens is 3. The first-order valence-electron chi connectivity index (χ1n) is 7.76. The number of nitrogens with two attached hydrogens (primary N) is 1. The lowest BCUT2D eigenvalue weighted by Gasteiger charge is -2.19. The highest BCUT2D eigenvalue weighted by Gasteiger charge is 2.20. The minimum absolute atomic E-state index is 0.00754. The second kappa shape index (κ2) is 7.63. The second-order valence-corrected chi connectivity index (χ2v) is 5.44. The van der Waals surface area contributed by atoms with Gasteiger partial charge >= 0.3 is 0 Å². The van der Waals surface area contributed by atoms with Crippen LogP contribution < -0.4 is 15.2 Å². The normalized spacial score (nSPS) is 10.7. The third kappa shape index (κ3) is 3.73. The molecule has 1 heterocycles. The molecule has 0 saturated carbocycles. The largest absolute Gasteiger partial charge is 0.490 e. The van der Waals surface area contributed by atoms with Gasteiger partial charge in [0.2, 0.25) is 0 Å². The van der Waals surface area contributed by atoms with E-state index in [0.717, 1.165) is 5.56 Å². The first-order valence-corrected chi connectivity index (χ1v) is 7.76. The van der Waals surface area contributed by atoms with E-state index in [1.807, 2.05) is 26.8 Å². The number of rotatable bonds is 8. The van der Waals surface area contributed by atoms with E-state index >= 15 is 0 Å². The molecule has 0 aliphatic carbocycles. The van der Waals surface area contributed by atoms with Gasteiger partial charge in [-0.2, -0.15) is 15.4 Å². The van der Waals surface area contributed by atoms with Crippen molar-refractivity contribution in [2.24, 2.45) is 5.73 Å². The number of benzene rings is 1. The van der Waals surface area contributed by atoms with Crippen LogP contribution in [-0.4, -0.2) is 34.0 Å². The molecular weight excluding hydrogens is 308 g/mol. The molecule has 0 atom stereocenters. The fourth-order valence-electron chi connectivity index (χ4n) is 2.34. The first kappa shape index (κ1) is 17.5. The van der Waals surface area contributed by atoms with E-state index in [-0.39, 0.29) is 11.8 Å². The zero-order valence-corrected chi connectivity index (χ0v) is 14.1. The SMILES string of the molecule is C=CCc1cc(-c2n[nH]nc2C(N)=O)cc(OCC)c1OC(C)C. The molecular formula is C17H22N4O3. The van der Waals surface area contributed by atoms with Crippen LogP contribution in [0.1, 0.15) is 36.8 Å². The van der Waals surface area contributed by atoms with Gasteiger partial charge in [0.25, 0.3) is 5.91 Å². The summed E-state index contributed by atoms with van der Waals surface area (Å²) in [5.74, 6) is 0.600. The van der Waals surface area contributed by atoms with Crippen LogP contribution in [0.3, 0.4) is 0 Å². The maximum atomic E-state index is 11.5. The smallest absolute Gasteiger partial charge is 0.271 e. The molecule has 1 aromatic heterocycles. The Morgan fingerprint density at radius 1 is 1.42 bits per heavy atom. The Morgan fingerprint density at radius 2 is 2.17 bits per heavy atom. The van der Waals surface area contributed by atoms with Crippen molar-refractivity contribution in [3.8, 4) is 22.8 Å². The molecule has 2 rings (SSSR count). The van der Waals surface area contributed by atoms with Gasteiger partial charge in [0.1, 0.15) is 5.69 Å². The minimum atomic E-state index is -0.649. The summed E-state index contributed by atoms with van der Waals surface area (Å²) in [6.07, 6.45) is 2.35. The summed E-state index contributed by atoms with van der Waals surface area (Å²) in [5.41, 5.74) is 7.38. The third-order valence-electron chi connectivity index (χ3n) is 3.20. The molecule has 128 valence electrons. The summed E-state index contributed by atoms with van der Waals surface area (Å²) in [5, 5.41) is 10.3. The summed E-state index contributed by atoms with van der Waals surface area (Å²) in [6, 6.07) is 3.66. The van der Waals surface area contributed by atoms with Gasteiger partial charge < -0.3 is 15.2 Å². The highest BCUT2D eigenvalue weighted by Crippen LogP contribution is 2.38. The second-order valence-electron chi connectivity index (χ2n) is 5.44. The van der Waals surface area contributed by atoms with Crippen LogP contribution >= 0.6 is 0 Å². The monoisotopic (exact) mass is 330 g/mol. The fourth-order valence-corrected chi connectivity index (χ4v) is 2.34. The fraction of sp³-hybridized carbons (Fsp3) is 0.353. The van der Waals surface area contributed by atoms with Crippen LogP contribution in [0.2, 0.25) is 0 Å². The quantitative estimate of drug-likeness (QED) is 0.724. The van der Waals surface area contributed by atoms with Crippen molar-refractivity contribution in [1.82, 2.24) is 15.4 Å². The van der Waals surface area contributed by atoms with Gasteiger partial charge in [0, 0.05) is 11.1 Å². The zero-order valence-electron chi connectivity index (χ0n) is 14.1. The summed E-state index contributed by atoms with van der Waals surface area (Å²) >= 11 is 0. The van der Waals surface area contributed by atoms with E-state index in [1.54, 1.807) is 12.1 Å². The van der Waals surface area contributed by atoms with Crippen LogP contribution in [-0.2, 0) is 6.42 Å². The summed E-state index contributed by atoms with van der Waals surface area (Å²) in [6.45, 7) is 10.1. The molecule has 0 aliphatic rings. The van der Waals surface area contributed by atoms with Crippen molar-refractivity contribution in [3.63, 3.8) is 0 Å². The molecule has 24 heavy (non-hydrogen) atoms. The number of nitrogens with zero attached hydrogens (tertiary/aromatic N) is 2. The van der Waals surface area contributed by atoms with Crippen molar-refractivity contribution >= 4 is 5.91 Å². The van der Waals surface area contributed by atoms with E-state index < -0.39 is 5.91 Å². The van der Waals surface area contributed by atoms with Crippen LogP contribution in [0, 0.1) is 0 Å². The van der Waals surface area contributed by atoms with E-state index in [9.17, 15) is 4.79 Å². The number of carbonyl (C=O) groups excluding carboxylic acids is 1. The lowest BCUT2D eigenvalue weighted by atomic mass is 10.0. The Labute approximate surface area is 140 Å². The van der Waals surface area contributed by atoms with E-state index in [2.05, 4.69) is 22.0 Å². The van der Waals surface area contributed by atoms with Gasteiger partial charge in [0.15, 0.2) is 17.2 Å². The maximum absolute atomic E-state index is 11.5. The van der Waals surface area contributed by atoms with Gasteiger partial charge in [0.05, 0.1) is 12.7 Å². The Balaban J connectivity index is 2.63. The first-order chi connectivity index (χ1) is 11.5. The molecule has 7 heteroatoms. The van der Waals surface area contributed by atoms with Crippen molar-refractivity contribution in [3.05, 3.63) is 36.0 Å². The minimum Gasteiger partial charge on any atom is -0.490 e. The number of H-pyrrole nitrogens is 1. The molecule has 7 nitrogen and oxygen atoms in total.